The normalized spacial score (nSPS) is 20.0. The smallest absolute Gasteiger partial charge is 0.282 e. The van der Waals surface area contributed by atoms with E-state index in [2.05, 4.69) is 11.4 Å². The molecule has 1 saturated heterocycles. The standard InChI is InChI=1S/C22H28ClN3O3/c1-16(22(27)24-19-7-5-18(23)6-8-19)26-12-10-25(11-13-26)15-17-4-9-20(28-2)21(14-17)29-3/h4-9,14,16H,10-13,15H2,1-3H3,(H,24,27)/p+2/t16-/m1/s1. The Kier molecular flexibility index (Phi) is 7.36. The Labute approximate surface area is 177 Å². The molecule has 1 aliphatic heterocycles. The minimum atomic E-state index is -0.0895. The van der Waals surface area contributed by atoms with Crippen LogP contribution in [0.25, 0.3) is 0 Å². The molecule has 6 nitrogen and oxygen atoms in total. The van der Waals surface area contributed by atoms with Crippen molar-refractivity contribution in [3.05, 3.63) is 53.1 Å². The van der Waals surface area contributed by atoms with Gasteiger partial charge < -0.3 is 24.6 Å². The van der Waals surface area contributed by atoms with Crippen LogP contribution >= 0.6 is 11.6 Å². The molecule has 2 aromatic carbocycles. The molecule has 0 saturated carbocycles. The molecule has 3 N–H and O–H groups in total. The summed E-state index contributed by atoms with van der Waals surface area (Å²) in [5.74, 6) is 1.56. The van der Waals surface area contributed by atoms with Gasteiger partial charge in [-0.1, -0.05) is 11.6 Å². The number of hydrogen-bond donors (Lipinski definition) is 3. The molecule has 29 heavy (non-hydrogen) atoms. The third kappa shape index (κ3) is 5.63. The van der Waals surface area contributed by atoms with Gasteiger partial charge in [0, 0.05) is 16.3 Å². The van der Waals surface area contributed by atoms with Crippen LogP contribution in [-0.4, -0.2) is 52.3 Å². The van der Waals surface area contributed by atoms with E-state index in [0.29, 0.717) is 5.02 Å². The van der Waals surface area contributed by atoms with E-state index in [0.717, 1.165) is 49.9 Å². The molecule has 1 amide bonds. The molecule has 1 heterocycles. The van der Waals surface area contributed by atoms with Crippen LogP contribution in [0.5, 0.6) is 11.5 Å². The molecule has 3 rings (SSSR count). The van der Waals surface area contributed by atoms with Crippen LogP contribution in [0.4, 0.5) is 5.69 Å². The van der Waals surface area contributed by atoms with Gasteiger partial charge >= 0.3 is 0 Å². The Hall–Kier alpha value is -2.28. The molecular formula is C22H30ClN3O3+2. The van der Waals surface area contributed by atoms with Gasteiger partial charge in [0.05, 0.1) is 14.2 Å². The molecule has 0 aliphatic carbocycles. The first kappa shape index (κ1) is 21.4. The first-order chi connectivity index (χ1) is 14.0. The number of amides is 1. The summed E-state index contributed by atoms with van der Waals surface area (Å²) in [7, 11) is 3.31. The van der Waals surface area contributed by atoms with Gasteiger partial charge in [0.25, 0.3) is 5.91 Å². The highest BCUT2D eigenvalue weighted by Crippen LogP contribution is 2.27. The summed E-state index contributed by atoms with van der Waals surface area (Å²) in [6.45, 7) is 6.94. The van der Waals surface area contributed by atoms with Gasteiger partial charge in [-0.2, -0.15) is 0 Å². The summed E-state index contributed by atoms with van der Waals surface area (Å²) in [6.07, 6.45) is 0. The predicted octanol–water partition coefficient (Wildman–Crippen LogP) is 0.668. The lowest BCUT2D eigenvalue weighted by Crippen LogP contribution is -3.29. The monoisotopic (exact) mass is 419 g/mol. The first-order valence-corrected chi connectivity index (χ1v) is 10.3. The number of nitrogens with one attached hydrogen (secondary N) is 3. The topological polar surface area (TPSA) is 56.4 Å². The fraction of sp³-hybridized carbons (Fsp3) is 0.409. The lowest BCUT2D eigenvalue weighted by atomic mass is 10.1. The minimum absolute atomic E-state index is 0.0469. The van der Waals surface area contributed by atoms with Crippen molar-refractivity contribution in [2.24, 2.45) is 0 Å². The maximum Gasteiger partial charge on any atom is 0.282 e. The van der Waals surface area contributed by atoms with Crippen LogP contribution in [0.3, 0.4) is 0 Å². The van der Waals surface area contributed by atoms with Gasteiger partial charge in [-0.25, -0.2) is 0 Å². The number of ether oxygens (including phenoxy) is 2. The maximum atomic E-state index is 12.6. The highest BCUT2D eigenvalue weighted by Gasteiger charge is 2.31. The number of methoxy groups -OCH3 is 2. The average molecular weight is 420 g/mol. The molecule has 0 unspecified atom stereocenters. The minimum Gasteiger partial charge on any atom is -0.493 e. The van der Waals surface area contributed by atoms with Crippen molar-refractivity contribution in [1.82, 2.24) is 0 Å². The van der Waals surface area contributed by atoms with Crippen molar-refractivity contribution in [3.8, 4) is 11.5 Å². The molecule has 2 aromatic rings. The third-order valence-corrected chi connectivity index (χ3v) is 5.87. The van der Waals surface area contributed by atoms with Crippen molar-refractivity contribution in [1.29, 1.82) is 0 Å². The lowest BCUT2D eigenvalue weighted by Gasteiger charge is -2.32. The van der Waals surface area contributed by atoms with Gasteiger partial charge in [0.1, 0.15) is 32.7 Å². The summed E-state index contributed by atoms with van der Waals surface area (Å²) in [5, 5.41) is 3.65. The van der Waals surface area contributed by atoms with E-state index in [1.165, 1.54) is 15.4 Å². The number of piperazine rings is 1. The summed E-state index contributed by atoms with van der Waals surface area (Å²) >= 11 is 5.90. The van der Waals surface area contributed by atoms with Crippen LogP contribution in [0, 0.1) is 0 Å². The zero-order valence-corrected chi connectivity index (χ0v) is 18.0. The SMILES string of the molecule is COc1ccc(C[NH+]2CC[NH+]([C@H](C)C(=O)Nc3ccc(Cl)cc3)CC2)cc1OC. The predicted molar refractivity (Wildman–Crippen MR) is 114 cm³/mol. The molecule has 0 aromatic heterocycles. The number of benzene rings is 2. The van der Waals surface area contributed by atoms with E-state index in [9.17, 15) is 4.79 Å². The number of carbonyl (C=O) groups excluding carboxylic acids is 1. The molecule has 156 valence electrons. The van der Waals surface area contributed by atoms with Gasteiger partial charge in [0.2, 0.25) is 0 Å². The molecule has 7 heteroatoms. The van der Waals surface area contributed by atoms with Crippen LogP contribution in [0.15, 0.2) is 42.5 Å². The van der Waals surface area contributed by atoms with Crippen LogP contribution in [-0.2, 0) is 11.3 Å². The van der Waals surface area contributed by atoms with Gasteiger partial charge in [0.15, 0.2) is 17.5 Å². The Bertz CT molecular complexity index is 821. The Morgan fingerprint density at radius 2 is 1.69 bits per heavy atom. The highest BCUT2D eigenvalue weighted by molar-refractivity contribution is 6.30. The van der Waals surface area contributed by atoms with Gasteiger partial charge in [-0.15, -0.1) is 0 Å². The zero-order chi connectivity index (χ0) is 20.8. The van der Waals surface area contributed by atoms with E-state index in [-0.39, 0.29) is 11.9 Å². The number of carbonyl (C=O) groups is 1. The molecule has 1 aliphatic rings. The van der Waals surface area contributed by atoms with Crippen LogP contribution in [0.2, 0.25) is 5.02 Å². The molecule has 1 atom stereocenters. The lowest BCUT2D eigenvalue weighted by molar-refractivity contribution is -1.02. The quantitative estimate of drug-likeness (QED) is 0.618. The Morgan fingerprint density at radius 3 is 2.31 bits per heavy atom. The maximum absolute atomic E-state index is 12.6. The van der Waals surface area contributed by atoms with Crippen molar-refractivity contribution in [2.45, 2.75) is 19.5 Å². The molecule has 0 radical (unpaired) electrons. The van der Waals surface area contributed by atoms with Crippen molar-refractivity contribution in [3.63, 3.8) is 0 Å². The number of quaternary nitrogens is 2. The average Bonchev–Trinajstić information content (AvgIpc) is 2.75. The Balaban J connectivity index is 1.50. The van der Waals surface area contributed by atoms with E-state index < -0.39 is 0 Å². The van der Waals surface area contributed by atoms with Crippen molar-refractivity contribution < 1.29 is 24.1 Å². The van der Waals surface area contributed by atoms with E-state index in [4.69, 9.17) is 21.1 Å². The van der Waals surface area contributed by atoms with Crippen molar-refractivity contribution in [2.75, 3.05) is 45.7 Å². The van der Waals surface area contributed by atoms with E-state index >= 15 is 0 Å². The van der Waals surface area contributed by atoms with Gasteiger partial charge in [-0.05, 0) is 49.4 Å². The Morgan fingerprint density at radius 1 is 1.03 bits per heavy atom. The first-order valence-electron chi connectivity index (χ1n) is 9.95. The van der Waals surface area contributed by atoms with E-state index in [1.54, 1.807) is 26.4 Å². The second-order valence-electron chi connectivity index (χ2n) is 7.49. The fourth-order valence-electron chi connectivity index (χ4n) is 3.78. The molecule has 1 fully saturated rings. The number of halogens is 1. The second kappa shape index (κ2) is 9.96. The second-order valence-corrected chi connectivity index (χ2v) is 7.93. The number of anilines is 1. The summed E-state index contributed by atoms with van der Waals surface area (Å²) in [4.78, 5) is 15.4. The molecule has 0 bridgehead atoms. The largest absolute Gasteiger partial charge is 0.493 e. The van der Waals surface area contributed by atoms with Crippen LogP contribution < -0.4 is 24.6 Å². The zero-order valence-electron chi connectivity index (χ0n) is 17.3. The number of rotatable bonds is 7. The van der Waals surface area contributed by atoms with Crippen molar-refractivity contribution >= 4 is 23.2 Å². The van der Waals surface area contributed by atoms with E-state index in [1.807, 2.05) is 31.2 Å². The third-order valence-electron chi connectivity index (χ3n) is 5.62. The number of hydrogen-bond acceptors (Lipinski definition) is 3. The summed E-state index contributed by atoms with van der Waals surface area (Å²) in [5.41, 5.74) is 2.01. The molecule has 0 spiro atoms. The van der Waals surface area contributed by atoms with Gasteiger partial charge in [-0.3, -0.25) is 4.79 Å². The highest BCUT2D eigenvalue weighted by atomic mass is 35.5. The summed E-state index contributed by atoms with van der Waals surface area (Å²) < 4.78 is 10.7. The summed E-state index contributed by atoms with van der Waals surface area (Å²) in [6, 6.07) is 13.2. The fourth-order valence-corrected chi connectivity index (χ4v) is 3.91. The molecular weight excluding hydrogens is 390 g/mol. The van der Waals surface area contributed by atoms with Crippen LogP contribution in [0.1, 0.15) is 12.5 Å².